The Morgan fingerprint density at radius 1 is 1.19 bits per heavy atom. The molecule has 1 amide bonds. The van der Waals surface area contributed by atoms with Crippen LogP contribution in [0.4, 0.5) is 5.69 Å². The van der Waals surface area contributed by atoms with Gasteiger partial charge in [-0.3, -0.25) is 4.79 Å². The second kappa shape index (κ2) is 4.78. The SMILES string of the molecule is O=C1Cc2cc(-c3cccc(OC4CC4)c3Cl)ccc2N1. The van der Waals surface area contributed by atoms with Crippen LogP contribution < -0.4 is 10.1 Å². The molecule has 1 aliphatic heterocycles. The van der Waals surface area contributed by atoms with Gasteiger partial charge in [0.05, 0.1) is 17.5 Å². The normalized spacial score (nSPS) is 16.5. The Balaban J connectivity index is 1.73. The van der Waals surface area contributed by atoms with Gasteiger partial charge in [0.25, 0.3) is 0 Å². The zero-order valence-corrected chi connectivity index (χ0v) is 12.1. The summed E-state index contributed by atoms with van der Waals surface area (Å²) in [5.41, 5.74) is 3.86. The molecule has 2 aliphatic rings. The fourth-order valence-corrected chi connectivity index (χ4v) is 2.87. The monoisotopic (exact) mass is 299 g/mol. The Labute approximate surface area is 127 Å². The van der Waals surface area contributed by atoms with E-state index in [1.165, 1.54) is 0 Å². The second-order valence-corrected chi connectivity index (χ2v) is 5.91. The molecule has 2 aromatic rings. The molecule has 2 aromatic carbocycles. The van der Waals surface area contributed by atoms with E-state index in [-0.39, 0.29) is 5.91 Å². The quantitative estimate of drug-likeness (QED) is 0.929. The summed E-state index contributed by atoms with van der Waals surface area (Å²) >= 11 is 6.49. The van der Waals surface area contributed by atoms with Gasteiger partial charge in [-0.1, -0.05) is 29.8 Å². The van der Waals surface area contributed by atoms with Crippen molar-refractivity contribution in [1.29, 1.82) is 0 Å². The van der Waals surface area contributed by atoms with Crippen LogP contribution in [-0.4, -0.2) is 12.0 Å². The zero-order valence-electron chi connectivity index (χ0n) is 11.4. The van der Waals surface area contributed by atoms with Gasteiger partial charge in [0.2, 0.25) is 5.91 Å². The Kier molecular flexibility index (Phi) is 2.89. The number of benzene rings is 2. The molecule has 0 saturated heterocycles. The van der Waals surface area contributed by atoms with Crippen molar-refractivity contribution in [3.8, 4) is 16.9 Å². The molecule has 21 heavy (non-hydrogen) atoms. The van der Waals surface area contributed by atoms with E-state index < -0.39 is 0 Å². The molecule has 0 unspecified atom stereocenters. The topological polar surface area (TPSA) is 38.3 Å². The highest BCUT2D eigenvalue weighted by molar-refractivity contribution is 6.34. The van der Waals surface area contributed by atoms with Gasteiger partial charge in [0.1, 0.15) is 5.75 Å². The number of fused-ring (bicyclic) bond motifs is 1. The van der Waals surface area contributed by atoms with E-state index in [2.05, 4.69) is 5.32 Å². The average molecular weight is 300 g/mol. The van der Waals surface area contributed by atoms with E-state index in [1.54, 1.807) is 0 Å². The molecule has 4 rings (SSSR count). The molecule has 0 radical (unpaired) electrons. The largest absolute Gasteiger partial charge is 0.489 e. The molecular weight excluding hydrogens is 286 g/mol. The lowest BCUT2D eigenvalue weighted by Crippen LogP contribution is -2.03. The third-order valence-electron chi connectivity index (χ3n) is 3.82. The van der Waals surface area contributed by atoms with E-state index in [4.69, 9.17) is 16.3 Å². The summed E-state index contributed by atoms with van der Waals surface area (Å²) in [4.78, 5) is 11.4. The maximum atomic E-state index is 11.4. The van der Waals surface area contributed by atoms with Crippen molar-refractivity contribution in [2.45, 2.75) is 25.4 Å². The number of hydrogen-bond acceptors (Lipinski definition) is 2. The number of carbonyl (C=O) groups excluding carboxylic acids is 1. The number of amides is 1. The van der Waals surface area contributed by atoms with E-state index in [0.717, 1.165) is 41.0 Å². The first kappa shape index (κ1) is 12.7. The van der Waals surface area contributed by atoms with E-state index in [1.807, 2.05) is 36.4 Å². The van der Waals surface area contributed by atoms with Gasteiger partial charge in [0, 0.05) is 11.3 Å². The highest BCUT2D eigenvalue weighted by atomic mass is 35.5. The van der Waals surface area contributed by atoms with Crippen LogP contribution in [0.1, 0.15) is 18.4 Å². The maximum absolute atomic E-state index is 11.4. The van der Waals surface area contributed by atoms with Crippen molar-refractivity contribution in [2.75, 3.05) is 5.32 Å². The number of ether oxygens (including phenoxy) is 1. The summed E-state index contributed by atoms with van der Waals surface area (Å²) in [6, 6.07) is 11.8. The Hall–Kier alpha value is -2.00. The third kappa shape index (κ3) is 2.38. The third-order valence-corrected chi connectivity index (χ3v) is 4.21. The minimum Gasteiger partial charge on any atom is -0.489 e. The van der Waals surface area contributed by atoms with Crippen molar-refractivity contribution in [2.24, 2.45) is 0 Å². The molecule has 1 aliphatic carbocycles. The molecule has 0 bridgehead atoms. The predicted octanol–water partition coefficient (Wildman–Crippen LogP) is 4.04. The average Bonchev–Trinajstić information content (AvgIpc) is 3.20. The van der Waals surface area contributed by atoms with Gasteiger partial charge < -0.3 is 10.1 Å². The van der Waals surface area contributed by atoms with Crippen LogP contribution >= 0.6 is 11.6 Å². The number of hydrogen-bond donors (Lipinski definition) is 1. The number of halogens is 1. The van der Waals surface area contributed by atoms with Crippen LogP contribution in [0.25, 0.3) is 11.1 Å². The van der Waals surface area contributed by atoms with Crippen molar-refractivity contribution >= 4 is 23.2 Å². The molecule has 1 heterocycles. The highest BCUT2D eigenvalue weighted by Gasteiger charge is 2.25. The first-order valence-electron chi connectivity index (χ1n) is 7.09. The van der Waals surface area contributed by atoms with Gasteiger partial charge in [0.15, 0.2) is 0 Å². The smallest absolute Gasteiger partial charge is 0.228 e. The number of carbonyl (C=O) groups is 1. The minimum absolute atomic E-state index is 0.0408. The van der Waals surface area contributed by atoms with Crippen LogP contribution in [0.2, 0.25) is 5.02 Å². The van der Waals surface area contributed by atoms with Crippen molar-refractivity contribution in [1.82, 2.24) is 0 Å². The van der Waals surface area contributed by atoms with Gasteiger partial charge >= 0.3 is 0 Å². The van der Waals surface area contributed by atoms with Crippen molar-refractivity contribution < 1.29 is 9.53 Å². The lowest BCUT2D eigenvalue weighted by atomic mass is 10.0. The standard InChI is InChI=1S/C17H14ClNO2/c18-17-13(2-1-3-15(17)21-12-5-6-12)10-4-7-14-11(8-10)9-16(20)19-14/h1-4,7-8,12H,5-6,9H2,(H,19,20). The summed E-state index contributed by atoms with van der Waals surface area (Å²) in [7, 11) is 0. The lowest BCUT2D eigenvalue weighted by molar-refractivity contribution is -0.115. The zero-order chi connectivity index (χ0) is 14.4. The molecule has 1 saturated carbocycles. The summed E-state index contributed by atoms with van der Waals surface area (Å²) in [6.07, 6.45) is 2.96. The van der Waals surface area contributed by atoms with Crippen molar-refractivity contribution in [3.05, 3.63) is 47.0 Å². The number of anilines is 1. The second-order valence-electron chi connectivity index (χ2n) is 5.53. The first-order valence-corrected chi connectivity index (χ1v) is 7.47. The Morgan fingerprint density at radius 3 is 2.86 bits per heavy atom. The van der Waals surface area contributed by atoms with Crippen LogP contribution in [0.5, 0.6) is 5.75 Å². The summed E-state index contributed by atoms with van der Waals surface area (Å²) in [5.74, 6) is 0.783. The van der Waals surface area contributed by atoms with E-state index in [0.29, 0.717) is 17.5 Å². The molecule has 3 nitrogen and oxygen atoms in total. The van der Waals surface area contributed by atoms with Crippen LogP contribution in [0.15, 0.2) is 36.4 Å². The Morgan fingerprint density at radius 2 is 2.05 bits per heavy atom. The number of rotatable bonds is 3. The van der Waals surface area contributed by atoms with Crippen LogP contribution in [0.3, 0.4) is 0 Å². The summed E-state index contributed by atoms with van der Waals surface area (Å²) in [6.45, 7) is 0. The lowest BCUT2D eigenvalue weighted by Gasteiger charge is -2.11. The molecule has 4 heteroatoms. The first-order chi connectivity index (χ1) is 10.2. The predicted molar refractivity (Wildman–Crippen MR) is 82.9 cm³/mol. The molecule has 0 spiro atoms. The summed E-state index contributed by atoms with van der Waals surface area (Å²) in [5, 5.41) is 3.48. The molecule has 1 fully saturated rings. The van der Waals surface area contributed by atoms with Gasteiger partial charge in [-0.2, -0.15) is 0 Å². The molecule has 0 aromatic heterocycles. The highest BCUT2D eigenvalue weighted by Crippen LogP contribution is 2.39. The fourth-order valence-electron chi connectivity index (χ4n) is 2.59. The molecule has 0 atom stereocenters. The Bertz CT molecular complexity index is 738. The fraction of sp³-hybridized carbons (Fsp3) is 0.235. The molecule has 106 valence electrons. The molecular formula is C17H14ClNO2. The van der Waals surface area contributed by atoms with Gasteiger partial charge in [-0.15, -0.1) is 0 Å². The summed E-state index contributed by atoms with van der Waals surface area (Å²) < 4.78 is 5.83. The van der Waals surface area contributed by atoms with Crippen LogP contribution in [-0.2, 0) is 11.2 Å². The number of nitrogens with one attached hydrogen (secondary N) is 1. The molecule has 1 N–H and O–H groups in total. The van der Waals surface area contributed by atoms with E-state index in [9.17, 15) is 4.79 Å². The van der Waals surface area contributed by atoms with Gasteiger partial charge in [-0.25, -0.2) is 0 Å². The minimum atomic E-state index is 0.0408. The van der Waals surface area contributed by atoms with Gasteiger partial charge in [-0.05, 0) is 42.2 Å². The van der Waals surface area contributed by atoms with E-state index >= 15 is 0 Å². The van der Waals surface area contributed by atoms with Crippen molar-refractivity contribution in [3.63, 3.8) is 0 Å². The van der Waals surface area contributed by atoms with Crippen LogP contribution in [0, 0.1) is 0 Å². The maximum Gasteiger partial charge on any atom is 0.228 e.